The summed E-state index contributed by atoms with van der Waals surface area (Å²) in [6, 6.07) is 0. The quantitative estimate of drug-likeness (QED) is 0.670. The summed E-state index contributed by atoms with van der Waals surface area (Å²) in [6.45, 7) is 2.90. The maximum atomic E-state index is 11.0. The number of fused-ring (bicyclic) bond motifs is 3. The zero-order chi connectivity index (χ0) is 15.5. The summed E-state index contributed by atoms with van der Waals surface area (Å²) < 4.78 is 61.9. The van der Waals surface area contributed by atoms with Gasteiger partial charge in [0.15, 0.2) is 17.0 Å². The van der Waals surface area contributed by atoms with Crippen molar-refractivity contribution in [3.63, 3.8) is 0 Å². The van der Waals surface area contributed by atoms with E-state index in [0.29, 0.717) is 0 Å². The molecule has 122 valence electrons. The Morgan fingerprint density at radius 2 is 2.14 bits per heavy atom. The van der Waals surface area contributed by atoms with Crippen LogP contribution in [0.5, 0.6) is 0 Å². The average molecular weight is 344 g/mol. The normalized spacial score (nSPS) is 45.3. The summed E-state index contributed by atoms with van der Waals surface area (Å²) in [5.41, 5.74) is 0. The molecule has 0 bridgehead atoms. The van der Waals surface area contributed by atoms with Crippen molar-refractivity contribution in [1.29, 1.82) is 4.78 Å². The first-order valence-corrected chi connectivity index (χ1v) is 8.64. The van der Waals surface area contributed by atoms with Crippen molar-refractivity contribution >= 4 is 21.6 Å². The molecule has 0 saturated carbocycles. The summed E-state index contributed by atoms with van der Waals surface area (Å²) in [7, 11) is -4.16. The largest absolute Gasteiger partial charge is 0.343 e. The second-order valence-corrected chi connectivity index (χ2v) is 7.42. The summed E-state index contributed by atoms with van der Waals surface area (Å²) in [5, 5.41) is 4.84. The minimum Gasteiger partial charge on any atom is -0.343 e. The monoisotopic (exact) mass is 344 g/mol. The predicted octanol–water partition coefficient (Wildman–Crippen LogP) is -0.921. The minimum absolute atomic E-state index is 0.0664. The molecule has 10 nitrogen and oxygen atoms in total. The first-order chi connectivity index (χ1) is 9.60. The van der Waals surface area contributed by atoms with E-state index in [-0.39, 0.29) is 6.61 Å². The summed E-state index contributed by atoms with van der Waals surface area (Å²) >= 11 is -1.42. The van der Waals surface area contributed by atoms with Crippen molar-refractivity contribution in [2.75, 3.05) is 13.2 Å². The molecule has 3 saturated heterocycles. The highest BCUT2D eigenvalue weighted by Gasteiger charge is 2.64. The molecule has 3 rings (SSSR count). The van der Waals surface area contributed by atoms with Crippen LogP contribution < -0.4 is 5.14 Å². The first kappa shape index (κ1) is 15.7. The van der Waals surface area contributed by atoms with Crippen LogP contribution in [0.2, 0.25) is 0 Å². The molecule has 0 aromatic carbocycles. The molecule has 3 fully saturated rings. The molecule has 3 N–H and O–H groups in total. The van der Waals surface area contributed by atoms with Crippen LogP contribution in [0, 0.1) is 4.78 Å². The molecular formula is C9H16N2O8S2. The van der Waals surface area contributed by atoms with Crippen LogP contribution in [0.25, 0.3) is 0 Å². The molecule has 3 heterocycles. The molecule has 21 heavy (non-hydrogen) atoms. The van der Waals surface area contributed by atoms with Crippen molar-refractivity contribution in [3.8, 4) is 0 Å². The predicted molar refractivity (Wildman–Crippen MR) is 67.6 cm³/mol. The van der Waals surface area contributed by atoms with Gasteiger partial charge in [-0.15, -0.1) is 0 Å². The highest BCUT2D eigenvalue weighted by Crippen LogP contribution is 2.45. The molecule has 0 amide bonds. The first-order valence-electron chi connectivity index (χ1n) is 6.09. The summed E-state index contributed by atoms with van der Waals surface area (Å²) in [6.07, 6.45) is -1.88. The van der Waals surface area contributed by atoms with Gasteiger partial charge in [0.25, 0.3) is 0 Å². The molecule has 12 heteroatoms. The van der Waals surface area contributed by atoms with Gasteiger partial charge in [-0.25, -0.2) is 9.92 Å². The SMILES string of the molecule is CC1(C)O[C@H]2[C@@H]3O[S@@](=N)O[C@@H]3CO[C@@]2(COS(N)(=O)=O)O1. The molecule has 3 aliphatic heterocycles. The Balaban J connectivity index is 1.87. The highest BCUT2D eigenvalue weighted by molar-refractivity contribution is 7.84. The van der Waals surface area contributed by atoms with E-state index in [4.69, 9.17) is 32.5 Å². The Morgan fingerprint density at radius 3 is 2.81 bits per heavy atom. The number of rotatable bonds is 3. The zero-order valence-electron chi connectivity index (χ0n) is 11.3. The van der Waals surface area contributed by atoms with Gasteiger partial charge in [-0.2, -0.15) is 8.42 Å². The average Bonchev–Trinajstić information content (AvgIpc) is 2.82. The third kappa shape index (κ3) is 3.00. The van der Waals surface area contributed by atoms with Crippen LogP contribution in [-0.2, 0) is 48.3 Å². The Kier molecular flexibility index (Phi) is 3.67. The highest BCUT2D eigenvalue weighted by atomic mass is 32.2. The molecule has 0 radical (unpaired) electrons. The van der Waals surface area contributed by atoms with Crippen LogP contribution >= 0.6 is 0 Å². The fourth-order valence-electron chi connectivity index (χ4n) is 2.58. The van der Waals surface area contributed by atoms with Crippen LogP contribution in [0.15, 0.2) is 0 Å². The smallest absolute Gasteiger partial charge is 0.333 e. The van der Waals surface area contributed by atoms with E-state index < -0.39 is 58.1 Å². The zero-order valence-corrected chi connectivity index (χ0v) is 12.9. The van der Waals surface area contributed by atoms with E-state index in [0.717, 1.165) is 0 Å². The maximum Gasteiger partial charge on any atom is 0.333 e. The molecule has 0 aliphatic carbocycles. The Morgan fingerprint density at radius 1 is 1.43 bits per heavy atom. The fraction of sp³-hybridized carbons (Fsp3) is 1.00. The second-order valence-electron chi connectivity index (χ2n) is 5.35. The lowest BCUT2D eigenvalue weighted by atomic mass is 9.98. The van der Waals surface area contributed by atoms with E-state index in [2.05, 4.69) is 4.18 Å². The van der Waals surface area contributed by atoms with Crippen LogP contribution in [0.3, 0.4) is 0 Å². The van der Waals surface area contributed by atoms with Crippen molar-refractivity contribution < 1.29 is 35.2 Å². The lowest BCUT2D eigenvalue weighted by molar-refractivity contribution is -0.290. The van der Waals surface area contributed by atoms with Gasteiger partial charge in [0.1, 0.15) is 24.9 Å². The van der Waals surface area contributed by atoms with Gasteiger partial charge in [-0.3, -0.25) is 12.5 Å². The van der Waals surface area contributed by atoms with Gasteiger partial charge in [0.2, 0.25) is 5.79 Å². The van der Waals surface area contributed by atoms with E-state index >= 15 is 0 Å². The van der Waals surface area contributed by atoms with Gasteiger partial charge in [-0.05, 0) is 13.8 Å². The third-order valence-corrected chi connectivity index (χ3v) is 4.52. The van der Waals surface area contributed by atoms with E-state index in [9.17, 15) is 8.42 Å². The van der Waals surface area contributed by atoms with Gasteiger partial charge in [0.05, 0.1) is 6.61 Å². The van der Waals surface area contributed by atoms with Crippen LogP contribution in [0.4, 0.5) is 0 Å². The van der Waals surface area contributed by atoms with Crippen molar-refractivity contribution in [2.45, 2.75) is 43.7 Å². The lowest BCUT2D eigenvalue weighted by Gasteiger charge is -2.39. The summed E-state index contributed by atoms with van der Waals surface area (Å²) in [5.74, 6) is -2.51. The molecule has 0 aromatic heterocycles. The van der Waals surface area contributed by atoms with E-state index in [1.165, 1.54) is 0 Å². The van der Waals surface area contributed by atoms with Crippen LogP contribution in [0.1, 0.15) is 13.8 Å². The van der Waals surface area contributed by atoms with Gasteiger partial charge < -0.3 is 14.2 Å². The molecule has 0 spiro atoms. The lowest BCUT2D eigenvalue weighted by Crippen LogP contribution is -2.60. The number of ether oxygens (including phenoxy) is 3. The van der Waals surface area contributed by atoms with E-state index in [1.54, 1.807) is 13.8 Å². The number of hydrogen-bond donors (Lipinski definition) is 2. The van der Waals surface area contributed by atoms with Crippen LogP contribution in [-0.4, -0.2) is 51.5 Å². The molecule has 0 unspecified atom stereocenters. The Bertz CT molecular complexity index is 566. The third-order valence-electron chi connectivity index (χ3n) is 3.25. The van der Waals surface area contributed by atoms with Crippen molar-refractivity contribution in [1.82, 2.24) is 0 Å². The van der Waals surface area contributed by atoms with Gasteiger partial charge in [0, 0.05) is 0 Å². The number of nitrogens with two attached hydrogens (primary N) is 1. The summed E-state index contributed by atoms with van der Waals surface area (Å²) in [4.78, 5) is 0. The molecule has 3 aliphatic rings. The van der Waals surface area contributed by atoms with Crippen molar-refractivity contribution in [3.05, 3.63) is 0 Å². The fourth-order valence-corrected chi connectivity index (χ4v) is 3.77. The topological polar surface area (TPSA) is 139 Å². The van der Waals surface area contributed by atoms with Crippen molar-refractivity contribution in [2.24, 2.45) is 5.14 Å². The molecular weight excluding hydrogens is 328 g/mol. The standard InChI is InChI=1S/C9H16N2O8S2/c1-8(2)16-7-6-5(17-20(10)18-6)3-14-9(7,19-8)4-15-21(11,12)13/h5-7,10H,3-4H2,1-2H3,(H2,11,12,13)/t5-,6-,7+,9+,20+/m1/s1. The minimum atomic E-state index is -4.16. The van der Waals surface area contributed by atoms with Gasteiger partial charge >= 0.3 is 10.3 Å². The van der Waals surface area contributed by atoms with Gasteiger partial charge in [-0.1, -0.05) is 0 Å². The maximum absolute atomic E-state index is 11.0. The molecule has 0 aromatic rings. The molecule has 5 atom stereocenters. The Hall–Kier alpha value is -0.180. The van der Waals surface area contributed by atoms with E-state index in [1.807, 2.05) is 0 Å². The Labute approximate surface area is 124 Å². The number of hydrogen-bond acceptors (Lipinski definition) is 9. The number of nitrogens with one attached hydrogen (secondary N) is 1. The second kappa shape index (κ2) is 4.91.